The number of Topliss-reactive ketones (excluding diaryl/α,β-unsaturated/α-hetero) is 2. The molecule has 0 atom stereocenters. The second kappa shape index (κ2) is 12.0. The van der Waals surface area contributed by atoms with E-state index in [2.05, 4.69) is 0 Å². The van der Waals surface area contributed by atoms with Crippen LogP contribution in [0, 0.1) is 11.8 Å². The van der Waals surface area contributed by atoms with E-state index in [0.29, 0.717) is 12.8 Å². The largest absolute Gasteiger partial charge is 2.00 e. The van der Waals surface area contributed by atoms with Crippen molar-refractivity contribution in [1.82, 2.24) is 0 Å². The van der Waals surface area contributed by atoms with Gasteiger partial charge in [-0.3, -0.25) is 9.59 Å². The Hall–Kier alpha value is -1.10. The predicted molar refractivity (Wildman–Crippen MR) is 63.7 cm³/mol. The third kappa shape index (κ3) is 10.5. The van der Waals surface area contributed by atoms with E-state index in [0.717, 1.165) is 0 Å². The molecule has 0 spiro atoms. The number of carboxylic acids is 2. The summed E-state index contributed by atoms with van der Waals surface area (Å²) in [5, 5.41) is 16.6. The third-order valence-corrected chi connectivity index (χ3v) is 2.07. The second-order valence-corrected chi connectivity index (χ2v) is 3.39. The molecule has 0 rings (SSSR count). The van der Waals surface area contributed by atoms with Gasteiger partial charge in [0.25, 0.3) is 0 Å². The summed E-state index contributed by atoms with van der Waals surface area (Å²) in [7, 11) is 0. The molecule has 0 heterocycles. The van der Waals surface area contributed by atoms with Gasteiger partial charge in [-0.15, -0.1) is 0 Å². The van der Waals surface area contributed by atoms with Gasteiger partial charge in [0.2, 0.25) is 0 Å². The van der Waals surface area contributed by atoms with E-state index in [4.69, 9.17) is 10.2 Å². The molecule has 0 aromatic rings. The Morgan fingerprint density at radius 3 is 1.00 bits per heavy atom. The van der Waals surface area contributed by atoms with Crippen LogP contribution < -0.4 is 0 Å². The molecular weight excluding hydrogens is 331 g/mol. The monoisotopic (exact) mass is 348 g/mol. The van der Waals surface area contributed by atoms with Gasteiger partial charge in [0.05, 0.1) is 0 Å². The standard InChI is InChI=1S/2C6H9O3.Zr/c2*1-3-5(4(2)7)6(8)9;/h2*3H2,1-2H3,(H,8,9);/q2*-1;+2. The maximum Gasteiger partial charge on any atom is 2.00 e. The average Bonchev–Trinajstić information content (AvgIpc) is 2.17. The molecule has 0 aromatic carbocycles. The van der Waals surface area contributed by atoms with Crippen molar-refractivity contribution in [3.63, 3.8) is 0 Å². The zero-order valence-corrected chi connectivity index (χ0v) is 13.9. The molecule has 0 aliphatic carbocycles. The van der Waals surface area contributed by atoms with E-state index in [1.165, 1.54) is 13.8 Å². The fraction of sp³-hybridized carbons (Fsp3) is 0.500. The van der Waals surface area contributed by atoms with Gasteiger partial charge in [-0.1, -0.05) is 13.8 Å². The van der Waals surface area contributed by atoms with Crippen molar-refractivity contribution in [1.29, 1.82) is 0 Å². The van der Waals surface area contributed by atoms with Crippen LogP contribution in [0.4, 0.5) is 0 Å². The maximum absolute atomic E-state index is 10.4. The normalized spacial score (nSPS) is 8.21. The molecule has 0 aromatic heterocycles. The van der Waals surface area contributed by atoms with Gasteiger partial charge in [-0.2, -0.15) is 12.8 Å². The van der Waals surface area contributed by atoms with Crippen LogP contribution in [-0.2, 0) is 45.4 Å². The van der Waals surface area contributed by atoms with Gasteiger partial charge in [0.15, 0.2) is 11.9 Å². The number of hydrogen-bond donors (Lipinski definition) is 2. The molecule has 0 aliphatic heterocycles. The topological polar surface area (TPSA) is 109 Å². The van der Waals surface area contributed by atoms with Gasteiger partial charge in [-0.05, 0) is 13.8 Å². The van der Waals surface area contributed by atoms with E-state index < -0.39 is 11.9 Å². The first-order valence-corrected chi connectivity index (χ1v) is 5.39. The van der Waals surface area contributed by atoms with Crippen molar-refractivity contribution in [3.05, 3.63) is 11.8 Å². The molecule has 106 valence electrons. The van der Waals surface area contributed by atoms with Gasteiger partial charge in [0.1, 0.15) is 0 Å². The molecule has 0 saturated carbocycles. The summed E-state index contributed by atoms with van der Waals surface area (Å²) < 4.78 is 0. The number of hydrogen-bond acceptors (Lipinski definition) is 4. The van der Waals surface area contributed by atoms with Crippen molar-refractivity contribution < 1.29 is 55.6 Å². The summed E-state index contributed by atoms with van der Waals surface area (Å²) in [4.78, 5) is 41.0. The minimum absolute atomic E-state index is 0. The molecule has 0 amide bonds. The summed E-state index contributed by atoms with van der Waals surface area (Å²) in [6.45, 7) is 5.80. The van der Waals surface area contributed by atoms with E-state index >= 15 is 0 Å². The van der Waals surface area contributed by atoms with Crippen LogP contribution >= 0.6 is 0 Å². The second-order valence-electron chi connectivity index (χ2n) is 3.39. The number of ketones is 2. The smallest absolute Gasteiger partial charge is 0.503 e. The molecule has 7 heteroatoms. The van der Waals surface area contributed by atoms with Crippen molar-refractivity contribution in [2.75, 3.05) is 0 Å². The summed E-state index contributed by atoms with van der Waals surface area (Å²) in [5.41, 5.74) is 0. The Balaban J connectivity index is -0.000000256. The zero-order valence-electron chi connectivity index (χ0n) is 11.4. The number of carbonyl (C=O) groups is 4. The Morgan fingerprint density at radius 1 is 0.789 bits per heavy atom. The number of carbonyl (C=O) groups excluding carboxylic acids is 2. The number of aliphatic carboxylic acids is 2. The SMILES string of the molecule is CC[C-](C(C)=O)C(=O)O.CC[C-](C(C)=O)C(=O)O.[Zr+2]. The minimum Gasteiger partial charge on any atom is -0.503 e. The Bertz CT molecular complexity index is 266. The summed E-state index contributed by atoms with van der Waals surface area (Å²) in [6.07, 6.45) is 0.593. The molecule has 0 saturated heterocycles. The van der Waals surface area contributed by atoms with Crippen molar-refractivity contribution >= 4 is 23.5 Å². The molecule has 0 fully saturated rings. The molecule has 0 aliphatic rings. The zero-order chi connectivity index (χ0) is 14.9. The van der Waals surface area contributed by atoms with E-state index in [-0.39, 0.29) is 49.6 Å². The van der Waals surface area contributed by atoms with Gasteiger partial charge < -0.3 is 19.8 Å². The average molecular weight is 349 g/mol. The van der Waals surface area contributed by atoms with Crippen molar-refractivity contribution in [2.45, 2.75) is 40.5 Å². The van der Waals surface area contributed by atoms with Crippen molar-refractivity contribution in [3.8, 4) is 0 Å². The molecule has 2 N–H and O–H groups in total. The van der Waals surface area contributed by atoms with E-state index in [1.807, 2.05) is 0 Å². The summed E-state index contributed by atoms with van der Waals surface area (Å²) >= 11 is 0. The molecule has 0 unspecified atom stereocenters. The third-order valence-electron chi connectivity index (χ3n) is 2.07. The van der Waals surface area contributed by atoms with Crippen molar-refractivity contribution in [2.24, 2.45) is 0 Å². The quantitative estimate of drug-likeness (QED) is 0.552. The van der Waals surface area contributed by atoms with E-state index in [1.54, 1.807) is 13.8 Å². The van der Waals surface area contributed by atoms with Crippen LogP contribution in [0.1, 0.15) is 40.5 Å². The van der Waals surface area contributed by atoms with Gasteiger partial charge in [0, 0.05) is 11.6 Å². The molecule has 6 nitrogen and oxygen atoms in total. The van der Waals surface area contributed by atoms with Gasteiger partial charge >= 0.3 is 26.2 Å². The Labute approximate surface area is 131 Å². The number of rotatable bonds is 6. The van der Waals surface area contributed by atoms with E-state index in [9.17, 15) is 19.2 Å². The first-order chi connectivity index (χ1) is 8.18. The molecular formula is C12H18O6Zr. The fourth-order valence-electron chi connectivity index (χ4n) is 1.10. The Kier molecular flexibility index (Phi) is 14.5. The van der Waals surface area contributed by atoms with Crippen LogP contribution in [0.5, 0.6) is 0 Å². The van der Waals surface area contributed by atoms with Gasteiger partial charge in [-0.25, -0.2) is 11.8 Å². The summed E-state index contributed by atoms with van der Waals surface area (Å²) in [6, 6.07) is 0. The summed E-state index contributed by atoms with van der Waals surface area (Å²) in [5.74, 6) is -2.99. The fourth-order valence-corrected chi connectivity index (χ4v) is 1.10. The first kappa shape index (κ1) is 23.0. The van der Waals surface area contributed by atoms with Crippen LogP contribution in [0.25, 0.3) is 0 Å². The van der Waals surface area contributed by atoms with Crippen LogP contribution in [0.15, 0.2) is 0 Å². The van der Waals surface area contributed by atoms with Crippen LogP contribution in [-0.4, -0.2) is 33.7 Å². The first-order valence-electron chi connectivity index (χ1n) is 5.39. The van der Waals surface area contributed by atoms with Crippen LogP contribution in [0.3, 0.4) is 0 Å². The molecule has 19 heavy (non-hydrogen) atoms. The Morgan fingerprint density at radius 2 is 1.00 bits per heavy atom. The maximum atomic E-state index is 10.4. The minimum atomic E-state index is -1.11. The molecule has 0 bridgehead atoms. The molecule has 0 radical (unpaired) electrons. The predicted octanol–water partition coefficient (Wildman–Crippen LogP) is 1.29. The van der Waals surface area contributed by atoms with Crippen LogP contribution in [0.2, 0.25) is 0 Å². The number of carboxylic acid groups (broad SMARTS) is 2.